The molecule has 0 aliphatic heterocycles. The van der Waals surface area contributed by atoms with Gasteiger partial charge < -0.3 is 0 Å². The summed E-state index contributed by atoms with van der Waals surface area (Å²) in [5, 5.41) is 1.02. The van der Waals surface area contributed by atoms with Crippen LogP contribution >= 0.6 is 38.5 Å². The predicted molar refractivity (Wildman–Crippen MR) is 78.1 cm³/mol. The summed E-state index contributed by atoms with van der Waals surface area (Å²) in [6, 6.07) is 0. The number of aromatic nitrogens is 2. The summed E-state index contributed by atoms with van der Waals surface area (Å²) in [4.78, 5) is 16.1. The normalized spacial score (nSPS) is 12.8. The van der Waals surface area contributed by atoms with Crippen molar-refractivity contribution in [1.82, 2.24) is 9.55 Å². The van der Waals surface area contributed by atoms with Crippen molar-refractivity contribution >= 4 is 38.5 Å². The molecule has 1 atom stereocenters. The van der Waals surface area contributed by atoms with E-state index in [9.17, 15) is 4.79 Å². The molecule has 0 amide bonds. The predicted octanol–water partition coefficient (Wildman–Crippen LogP) is 2.97. The van der Waals surface area contributed by atoms with Crippen molar-refractivity contribution in [3.8, 4) is 0 Å². The van der Waals surface area contributed by atoms with Gasteiger partial charge in [0.2, 0.25) is 0 Å². The van der Waals surface area contributed by atoms with E-state index in [4.69, 9.17) is 0 Å². The minimum Gasteiger partial charge on any atom is -0.298 e. The first-order valence-corrected chi connectivity index (χ1v) is 7.53. The Morgan fingerprint density at radius 3 is 2.88 bits per heavy atom. The first kappa shape index (κ1) is 14.2. The van der Waals surface area contributed by atoms with E-state index in [1.54, 1.807) is 10.9 Å². The first-order valence-electron chi connectivity index (χ1n) is 5.33. The lowest BCUT2D eigenvalue weighted by molar-refractivity contribution is 0.462. The van der Waals surface area contributed by atoms with Crippen molar-refractivity contribution in [2.75, 3.05) is 5.33 Å². The van der Waals surface area contributed by atoms with E-state index < -0.39 is 0 Å². The maximum Gasteiger partial charge on any atom is 0.266 e. The Labute approximate surface area is 118 Å². The quantitative estimate of drug-likeness (QED) is 0.564. The Hall–Kier alpha value is 0.0900. The molecule has 1 unspecified atom stereocenters. The molecule has 1 aromatic heterocycles. The average Bonchev–Trinajstić information content (AvgIpc) is 2.25. The van der Waals surface area contributed by atoms with Crippen LogP contribution in [0.5, 0.6) is 0 Å². The number of halogens is 2. The molecule has 0 radical (unpaired) electrons. The third-order valence-corrected chi connectivity index (χ3v) is 4.32. The number of nitrogens with zero attached hydrogens (tertiary/aromatic N) is 2. The molecule has 3 nitrogen and oxygen atoms in total. The summed E-state index contributed by atoms with van der Waals surface area (Å²) in [7, 11) is 0. The monoisotopic (exact) mass is 398 g/mol. The maximum atomic E-state index is 11.9. The van der Waals surface area contributed by atoms with E-state index in [1.807, 2.05) is 6.92 Å². The van der Waals surface area contributed by atoms with Gasteiger partial charge in [-0.05, 0) is 48.3 Å². The number of hydrogen-bond donors (Lipinski definition) is 0. The van der Waals surface area contributed by atoms with E-state index in [-0.39, 0.29) is 5.56 Å². The van der Waals surface area contributed by atoms with Gasteiger partial charge in [-0.25, -0.2) is 4.98 Å². The third-order valence-electron chi connectivity index (χ3n) is 2.62. The molecule has 0 spiro atoms. The molecule has 5 heteroatoms. The molecular weight excluding hydrogens is 383 g/mol. The average molecular weight is 399 g/mol. The van der Waals surface area contributed by atoms with Crippen LogP contribution in [0.3, 0.4) is 0 Å². The molecule has 1 rings (SSSR count). The fraction of sp³-hybridized carbons (Fsp3) is 0.636. The number of alkyl halides is 1. The van der Waals surface area contributed by atoms with Gasteiger partial charge in [-0.1, -0.05) is 22.9 Å². The van der Waals surface area contributed by atoms with Gasteiger partial charge in [0.1, 0.15) is 0 Å². The molecule has 0 aromatic carbocycles. The molecule has 1 aromatic rings. The molecule has 0 bridgehead atoms. The van der Waals surface area contributed by atoms with Crippen LogP contribution in [0.2, 0.25) is 0 Å². The Morgan fingerprint density at radius 2 is 2.25 bits per heavy atom. The Morgan fingerprint density at radius 1 is 1.56 bits per heavy atom. The zero-order valence-electron chi connectivity index (χ0n) is 9.54. The van der Waals surface area contributed by atoms with Gasteiger partial charge in [-0.3, -0.25) is 9.36 Å². The van der Waals surface area contributed by atoms with Crippen molar-refractivity contribution in [1.29, 1.82) is 0 Å². The second kappa shape index (κ2) is 6.74. The molecular formula is C11H16BrIN2O. The summed E-state index contributed by atoms with van der Waals surface area (Å²) in [5.74, 6) is 0.630. The van der Waals surface area contributed by atoms with E-state index in [0.29, 0.717) is 5.92 Å². The maximum absolute atomic E-state index is 11.9. The zero-order valence-corrected chi connectivity index (χ0v) is 13.3. The number of aryl methyl sites for hydroxylation is 2. The van der Waals surface area contributed by atoms with Gasteiger partial charge in [0.25, 0.3) is 5.56 Å². The van der Waals surface area contributed by atoms with E-state index in [0.717, 1.165) is 34.0 Å². The Balaban J connectivity index is 2.68. The Bertz CT molecular complexity index is 405. The van der Waals surface area contributed by atoms with Crippen LogP contribution in [0.4, 0.5) is 0 Å². The SMILES string of the molecule is Cc1ncn(CCC(C)CCBr)c(=O)c1I. The third kappa shape index (κ3) is 3.84. The minimum absolute atomic E-state index is 0.0825. The van der Waals surface area contributed by atoms with Crippen molar-refractivity contribution < 1.29 is 0 Å². The van der Waals surface area contributed by atoms with Crippen LogP contribution in [0.1, 0.15) is 25.5 Å². The van der Waals surface area contributed by atoms with Crippen LogP contribution < -0.4 is 5.56 Å². The lowest BCUT2D eigenvalue weighted by atomic mass is 10.1. The summed E-state index contributed by atoms with van der Waals surface area (Å²) in [5.41, 5.74) is 0.898. The van der Waals surface area contributed by atoms with Crippen molar-refractivity contribution in [2.45, 2.75) is 33.2 Å². The molecule has 0 fully saturated rings. The Kier molecular flexibility index (Phi) is 5.96. The highest BCUT2D eigenvalue weighted by atomic mass is 127. The van der Waals surface area contributed by atoms with Gasteiger partial charge in [0.05, 0.1) is 15.6 Å². The fourth-order valence-electron chi connectivity index (χ4n) is 1.40. The van der Waals surface area contributed by atoms with Gasteiger partial charge in [0, 0.05) is 11.9 Å². The summed E-state index contributed by atoms with van der Waals surface area (Å²) in [6.45, 7) is 4.83. The molecule has 0 aliphatic carbocycles. The summed E-state index contributed by atoms with van der Waals surface area (Å²) < 4.78 is 2.44. The zero-order chi connectivity index (χ0) is 12.1. The van der Waals surface area contributed by atoms with Crippen molar-refractivity contribution in [3.63, 3.8) is 0 Å². The molecule has 0 aliphatic rings. The highest BCUT2D eigenvalue weighted by Crippen LogP contribution is 2.10. The summed E-state index contributed by atoms with van der Waals surface area (Å²) in [6.07, 6.45) is 3.82. The molecule has 1 heterocycles. The lowest BCUT2D eigenvalue weighted by Gasteiger charge is -2.11. The van der Waals surface area contributed by atoms with Crippen LogP contribution in [-0.4, -0.2) is 14.9 Å². The summed E-state index contributed by atoms with van der Waals surface area (Å²) >= 11 is 5.49. The first-order chi connectivity index (χ1) is 7.56. The van der Waals surface area contributed by atoms with Crippen molar-refractivity contribution in [3.05, 3.63) is 25.9 Å². The highest BCUT2D eigenvalue weighted by molar-refractivity contribution is 14.1. The van der Waals surface area contributed by atoms with Gasteiger partial charge in [0.15, 0.2) is 0 Å². The van der Waals surface area contributed by atoms with Crippen molar-refractivity contribution in [2.24, 2.45) is 5.92 Å². The van der Waals surface area contributed by atoms with E-state index in [2.05, 4.69) is 50.4 Å². The smallest absolute Gasteiger partial charge is 0.266 e. The molecule has 16 heavy (non-hydrogen) atoms. The van der Waals surface area contributed by atoms with Crippen LogP contribution in [0, 0.1) is 16.4 Å². The van der Waals surface area contributed by atoms with Crippen LogP contribution in [-0.2, 0) is 6.54 Å². The minimum atomic E-state index is 0.0825. The largest absolute Gasteiger partial charge is 0.298 e. The van der Waals surface area contributed by atoms with E-state index >= 15 is 0 Å². The van der Waals surface area contributed by atoms with E-state index in [1.165, 1.54) is 0 Å². The van der Waals surface area contributed by atoms with Gasteiger partial charge in [-0.2, -0.15) is 0 Å². The molecule has 0 saturated heterocycles. The molecule has 90 valence electrons. The number of rotatable bonds is 5. The lowest BCUT2D eigenvalue weighted by Crippen LogP contribution is -2.24. The topological polar surface area (TPSA) is 34.9 Å². The molecule has 0 N–H and O–H groups in total. The van der Waals surface area contributed by atoms with Crippen LogP contribution in [0.25, 0.3) is 0 Å². The fourth-order valence-corrected chi connectivity index (χ4v) is 2.63. The second-order valence-electron chi connectivity index (χ2n) is 4.01. The second-order valence-corrected chi connectivity index (χ2v) is 5.89. The van der Waals surface area contributed by atoms with Gasteiger partial charge >= 0.3 is 0 Å². The highest BCUT2D eigenvalue weighted by Gasteiger charge is 2.07. The molecule has 0 saturated carbocycles. The number of hydrogen-bond acceptors (Lipinski definition) is 2. The van der Waals surface area contributed by atoms with Crippen LogP contribution in [0.15, 0.2) is 11.1 Å². The van der Waals surface area contributed by atoms with Gasteiger partial charge in [-0.15, -0.1) is 0 Å². The standard InChI is InChI=1S/C11H16BrIN2O/c1-8(3-5-12)4-6-15-7-14-9(2)10(13)11(15)16/h7-8H,3-6H2,1-2H3.